The maximum absolute atomic E-state index is 12.6. The van der Waals surface area contributed by atoms with Gasteiger partial charge >= 0.3 is 43.2 Å². The van der Waals surface area contributed by atoms with E-state index < -0.39 is 64.8 Å². The van der Waals surface area contributed by atoms with Crippen LogP contribution in [-0.4, -0.2) is 181 Å². The molecule has 3 aliphatic heterocycles. The van der Waals surface area contributed by atoms with Crippen LogP contribution in [0.1, 0.15) is 104 Å². The number of halogens is 15. The molecule has 3 aliphatic rings. The number of aromatic hydroxyl groups is 1. The van der Waals surface area contributed by atoms with Crippen LogP contribution in [0, 0.1) is 27.7 Å². The number of alkyl halides is 15. The van der Waals surface area contributed by atoms with Gasteiger partial charge in [0.25, 0.3) is 0 Å². The van der Waals surface area contributed by atoms with E-state index in [2.05, 4.69) is 30.4 Å². The summed E-state index contributed by atoms with van der Waals surface area (Å²) in [5.41, 5.74) is 0.611. The van der Waals surface area contributed by atoms with Crippen LogP contribution in [0.25, 0.3) is 0 Å². The standard InChI is InChI=1S/C22H27F3O3S.C20H23F3O3S.C19H21F3O3S.C10H9F3O2.C10H12O2S.C7H5F3O.C4H8O.C3H6O2.2CO2/c1-4-12-27-21-11-10-20(13-16(21)3)29-15-19(26-5-2)14-28-18-8-6-17(7-9-18)22(23,24)25;1-4-25-17(13-27-18-9-10-19(24-3)14(2)11-18)12-26-16-7-5-15(6-8-16)20(21,22)23;1-3-24-18-9-8-17(10-13(18)2)26-12-15(23)11-25-16-6-4-14(5-7-16)19(20,21)22;11-10(12,13)7-1-3-8(4-2-7)14-5-9-6-15-9;1-7-5-9(13)3-4-10(7)12-6-8(2)11;8-7(9,10)5-1-3-6(11)4-2-5;1-2-4-5-3-1;4-1-3-2-5-3;2*2-1-3/h6-11,13,19H,4-5,12,14-15H2,1-3H3;5-11,17H,4,12-13H2,1-3H3;4-10,15,23H,3,11-12H2,1-2H3;1-4,9H,5-6H2;3-5,13H,6H2,1-2H3;1-4,11H;1-4H2;3-4H,1-2H2;;/t19-;17-;15-;;;;;;;/m111......./s1. The van der Waals surface area contributed by atoms with Gasteiger partial charge < -0.3 is 76.9 Å². The van der Waals surface area contributed by atoms with Crippen molar-refractivity contribution in [2.75, 3.05) is 117 Å². The van der Waals surface area contributed by atoms with E-state index in [0.29, 0.717) is 79.9 Å². The normalized spacial score (nSPS) is 13.9. The number of hydrogen-bond acceptors (Lipinski definition) is 25. The number of thioether (sulfide) groups is 3. The average Bonchev–Trinajstić information content (AvgIpc) is 1.15. The van der Waals surface area contributed by atoms with Gasteiger partial charge in [0, 0.05) is 63.3 Å². The first-order valence-electron chi connectivity index (χ1n) is 42.2. The lowest BCUT2D eigenvalue weighted by Gasteiger charge is -2.18. The van der Waals surface area contributed by atoms with Gasteiger partial charge in [-0.15, -0.1) is 47.9 Å². The molecule has 3 saturated heterocycles. The third kappa shape index (κ3) is 53.4. The predicted octanol–water partition coefficient (Wildman–Crippen LogP) is 23.1. The van der Waals surface area contributed by atoms with Crippen molar-refractivity contribution in [2.24, 2.45) is 0 Å². The van der Waals surface area contributed by atoms with Crippen molar-refractivity contribution in [3.63, 3.8) is 0 Å². The molecule has 0 aliphatic carbocycles. The van der Waals surface area contributed by atoms with E-state index in [4.69, 9.17) is 86.2 Å². The second-order valence-electron chi connectivity index (χ2n) is 28.9. The Bertz CT molecular complexity index is 4900. The second-order valence-corrected chi connectivity index (χ2v) is 32.7. The lowest BCUT2D eigenvalue weighted by Crippen LogP contribution is -2.24. The number of aliphatic hydroxyl groups excluding tert-OH is 2. The van der Waals surface area contributed by atoms with Gasteiger partial charge in [0.05, 0.1) is 74.1 Å². The fraction of sp³-hybridized carbons (Fsp3) is 0.412. The largest absolute Gasteiger partial charge is 0.508 e. The number of thiol groups is 1. The Kier molecular flexibility index (Phi) is 57.1. The zero-order valence-corrected chi connectivity index (χ0v) is 79.9. The van der Waals surface area contributed by atoms with Gasteiger partial charge in [-0.05, 0) is 291 Å². The third-order valence-electron chi connectivity index (χ3n) is 17.6. The molecular weight excluding hydrogens is 1910 g/mol. The monoisotopic (exact) mass is 2020 g/mol. The van der Waals surface area contributed by atoms with E-state index in [1.807, 2.05) is 115 Å². The highest BCUT2D eigenvalue weighted by atomic mass is 32.2. The molecule has 9 aromatic rings. The Hall–Kier alpha value is -10.3. The number of methoxy groups -OCH3 is 1. The molecule has 0 aromatic heterocycles. The molecule has 754 valence electrons. The predicted molar refractivity (Wildman–Crippen MR) is 488 cm³/mol. The van der Waals surface area contributed by atoms with Gasteiger partial charge in [0.15, 0.2) is 5.78 Å². The number of benzene rings is 9. The number of epoxide rings is 2. The number of ketones is 1. The van der Waals surface area contributed by atoms with E-state index in [1.165, 1.54) is 80.1 Å². The van der Waals surface area contributed by atoms with Crippen LogP contribution in [0.2, 0.25) is 0 Å². The van der Waals surface area contributed by atoms with Gasteiger partial charge in [-0.25, -0.2) is 0 Å². The summed E-state index contributed by atoms with van der Waals surface area (Å²) in [7, 11) is 1.64. The summed E-state index contributed by atoms with van der Waals surface area (Å²) in [6, 6.07) is 45.5. The van der Waals surface area contributed by atoms with Gasteiger partial charge in [0.1, 0.15) is 109 Å². The maximum atomic E-state index is 12.6. The molecule has 9 aromatic carbocycles. The summed E-state index contributed by atoms with van der Waals surface area (Å²) >= 11 is 8.94. The van der Waals surface area contributed by atoms with Crippen molar-refractivity contribution in [2.45, 2.75) is 163 Å². The molecule has 40 heteroatoms. The number of phenolic OH excluding ortho intramolecular Hbond substituents is 1. The highest BCUT2D eigenvalue weighted by Gasteiger charge is 2.34. The Morgan fingerprint density at radius 1 is 0.438 bits per heavy atom. The molecule has 5 atom stereocenters. The van der Waals surface area contributed by atoms with E-state index in [0.717, 1.165) is 164 Å². The van der Waals surface area contributed by atoms with Gasteiger partial charge in [-0.3, -0.25) is 4.79 Å². The number of carbonyl (C=O) groups excluding carboxylic acids is 5. The Morgan fingerprint density at radius 3 is 1.07 bits per heavy atom. The van der Waals surface area contributed by atoms with Crippen molar-refractivity contribution in [3.05, 3.63) is 244 Å². The molecule has 3 heterocycles. The Balaban J connectivity index is 0.000000419. The lowest BCUT2D eigenvalue weighted by atomic mass is 10.2. The summed E-state index contributed by atoms with van der Waals surface area (Å²) in [6.45, 7) is 24.2. The molecule has 0 spiro atoms. The summed E-state index contributed by atoms with van der Waals surface area (Å²) in [5, 5.41) is 26.7. The zero-order chi connectivity index (χ0) is 102. The van der Waals surface area contributed by atoms with Crippen LogP contribution in [0.15, 0.2) is 214 Å². The van der Waals surface area contributed by atoms with Crippen LogP contribution in [0.3, 0.4) is 0 Å². The number of ether oxygens (including phenoxy) is 13. The number of phenols is 1. The van der Waals surface area contributed by atoms with Crippen molar-refractivity contribution in [3.8, 4) is 51.7 Å². The molecule has 0 bridgehead atoms. The number of aliphatic hydroxyl groups is 2. The Morgan fingerprint density at radius 2 is 0.766 bits per heavy atom. The number of aryl methyl sites for hydroxylation is 4. The second kappa shape index (κ2) is 64.8. The van der Waals surface area contributed by atoms with Gasteiger partial charge in [-0.1, -0.05) is 6.92 Å². The van der Waals surface area contributed by atoms with Crippen LogP contribution >= 0.6 is 47.9 Å². The van der Waals surface area contributed by atoms with Crippen molar-refractivity contribution in [1.29, 1.82) is 0 Å². The molecule has 21 nitrogen and oxygen atoms in total. The summed E-state index contributed by atoms with van der Waals surface area (Å²) in [5.74, 6) is 6.41. The minimum atomic E-state index is -4.37. The number of carbonyl (C=O) groups is 1. The van der Waals surface area contributed by atoms with E-state index in [-0.39, 0.29) is 81.3 Å². The van der Waals surface area contributed by atoms with Crippen molar-refractivity contribution >= 4 is 66.0 Å². The SMILES string of the molecule is C1CCOC1.CC(=O)COc1ccc(S)cc1C.CCCOc1ccc(SC[C@@H](COc2ccc(C(F)(F)F)cc2)OCC)cc1C.CCO[C@H](COc1ccc(C(F)(F)F)cc1)CSc1ccc(OC)c(C)c1.CCOc1ccc(SC[C@H](O)COc2ccc(C(F)(F)F)cc2)cc1C.FC(F)(F)c1ccc(OCC2CO2)cc1.O=C=O.O=C=O.OCC1CO1.Oc1ccc(C(F)(F)F)cc1. The molecule has 12 rings (SSSR count). The van der Waals surface area contributed by atoms with Crippen LogP contribution < -0.4 is 37.9 Å². The first-order chi connectivity index (χ1) is 64.9. The van der Waals surface area contributed by atoms with E-state index >= 15 is 0 Å². The molecule has 3 N–H and O–H groups in total. The lowest BCUT2D eigenvalue weighted by molar-refractivity contribution is -0.193. The van der Waals surface area contributed by atoms with Crippen LogP contribution in [0.4, 0.5) is 65.9 Å². The van der Waals surface area contributed by atoms with Gasteiger partial charge in [0.2, 0.25) is 0 Å². The summed E-state index contributed by atoms with van der Waals surface area (Å²) < 4.78 is 255. The molecule has 137 heavy (non-hydrogen) atoms. The topological polar surface area (TPSA) is 273 Å². The molecule has 2 unspecified atom stereocenters. The number of hydrogen-bond donors (Lipinski definition) is 4. The smallest absolute Gasteiger partial charge is 0.416 e. The fourth-order valence-electron chi connectivity index (χ4n) is 10.6. The highest BCUT2D eigenvalue weighted by Crippen LogP contribution is 2.37. The van der Waals surface area contributed by atoms with Crippen molar-refractivity contribution < 1.29 is 167 Å². The number of Topliss-reactive ketones (excluding diaryl/α,β-unsaturated/α-hetero) is 1. The maximum Gasteiger partial charge on any atom is 0.416 e. The highest BCUT2D eigenvalue weighted by molar-refractivity contribution is 7.99. The minimum absolute atomic E-state index is 0.00831. The van der Waals surface area contributed by atoms with Gasteiger partial charge in [-0.2, -0.15) is 85.0 Å². The number of rotatable bonds is 35. The first kappa shape index (κ1) is 121. The quantitative estimate of drug-likeness (QED) is 0.0124. The molecule has 0 amide bonds. The summed E-state index contributed by atoms with van der Waals surface area (Å²) in [4.78, 5) is 47.2. The summed E-state index contributed by atoms with van der Waals surface area (Å²) in [6.07, 6.45) is -18.5. The average molecular weight is 2030 g/mol. The zero-order valence-electron chi connectivity index (χ0n) is 76.5. The first-order valence-corrected chi connectivity index (χ1v) is 45.6. The third-order valence-corrected chi connectivity index (χ3v) is 21.3. The molecule has 3 fully saturated rings. The molecule has 0 radical (unpaired) electrons. The minimum Gasteiger partial charge on any atom is -0.508 e. The Labute approximate surface area is 803 Å². The van der Waals surface area contributed by atoms with E-state index in [9.17, 15) is 75.8 Å². The van der Waals surface area contributed by atoms with Crippen molar-refractivity contribution in [1.82, 2.24) is 0 Å². The van der Waals surface area contributed by atoms with Crippen LogP contribution in [0.5, 0.6) is 51.7 Å². The van der Waals surface area contributed by atoms with E-state index in [1.54, 1.807) is 30.6 Å². The fourth-order valence-corrected chi connectivity index (χ4v) is 13.8. The molecule has 0 saturated carbocycles. The van der Waals surface area contributed by atoms with Crippen LogP contribution in [-0.2, 0) is 78.5 Å². The molecular formula is C97H111F15O21S4.